The highest BCUT2D eigenvalue weighted by Crippen LogP contribution is 2.42. The molecule has 26 heavy (non-hydrogen) atoms. The minimum Gasteiger partial charge on any atom is -0.393 e. The number of nitrogens with zero attached hydrogens (tertiary/aromatic N) is 2. The van der Waals surface area contributed by atoms with Crippen molar-refractivity contribution in [2.24, 2.45) is 5.92 Å². The van der Waals surface area contributed by atoms with Gasteiger partial charge in [0.05, 0.1) is 6.10 Å². The first-order valence-electron chi connectivity index (χ1n) is 9.38. The number of hydrogen-bond donors (Lipinski definition) is 2. The van der Waals surface area contributed by atoms with Gasteiger partial charge >= 0.3 is 0 Å². The van der Waals surface area contributed by atoms with Crippen molar-refractivity contribution < 1.29 is 14.4 Å². The van der Waals surface area contributed by atoms with Crippen molar-refractivity contribution >= 4 is 5.91 Å². The Morgan fingerprint density at radius 2 is 2.08 bits per heavy atom. The van der Waals surface area contributed by atoms with Crippen LogP contribution >= 0.6 is 0 Å². The Labute approximate surface area is 153 Å². The first-order valence-corrected chi connectivity index (χ1v) is 9.38. The highest BCUT2D eigenvalue weighted by atomic mass is 16.5. The fourth-order valence-electron chi connectivity index (χ4n) is 3.94. The van der Waals surface area contributed by atoms with Crippen LogP contribution in [0.15, 0.2) is 22.7 Å². The predicted octanol–water partition coefficient (Wildman–Crippen LogP) is 2.85. The van der Waals surface area contributed by atoms with Crippen LogP contribution in [0, 0.1) is 19.8 Å². The molecule has 3 atom stereocenters. The summed E-state index contributed by atoms with van der Waals surface area (Å²) in [5, 5.41) is 17.2. The van der Waals surface area contributed by atoms with Gasteiger partial charge in [-0.2, -0.15) is 4.98 Å². The number of carbonyl (C=O) groups is 1. The van der Waals surface area contributed by atoms with Crippen LogP contribution in [0.2, 0.25) is 0 Å². The lowest BCUT2D eigenvalue weighted by molar-refractivity contribution is 0.0915. The fourth-order valence-corrected chi connectivity index (χ4v) is 3.94. The summed E-state index contributed by atoms with van der Waals surface area (Å²) in [5.41, 5.74) is 3.02. The van der Waals surface area contributed by atoms with Crippen LogP contribution in [0.3, 0.4) is 0 Å². The summed E-state index contributed by atoms with van der Waals surface area (Å²) in [7, 11) is 0. The Morgan fingerprint density at radius 1 is 1.27 bits per heavy atom. The second kappa shape index (κ2) is 6.83. The number of nitrogens with one attached hydrogen (secondary N) is 1. The second-order valence-corrected chi connectivity index (χ2v) is 7.75. The van der Waals surface area contributed by atoms with Gasteiger partial charge < -0.3 is 14.9 Å². The van der Waals surface area contributed by atoms with Gasteiger partial charge in [-0.15, -0.1) is 0 Å². The summed E-state index contributed by atoms with van der Waals surface area (Å²) in [6, 6.07) is 6.13. The maximum atomic E-state index is 12.7. The van der Waals surface area contributed by atoms with Crippen molar-refractivity contribution in [2.45, 2.75) is 57.5 Å². The molecule has 138 valence electrons. The van der Waals surface area contributed by atoms with Crippen LogP contribution in [0.1, 0.15) is 70.7 Å². The predicted molar refractivity (Wildman–Crippen MR) is 96.0 cm³/mol. The largest absolute Gasteiger partial charge is 0.393 e. The summed E-state index contributed by atoms with van der Waals surface area (Å²) in [6.45, 7) is 4.25. The standard InChI is InChI=1S/C20H25N3O3/c1-11-3-6-16(13-4-5-13)17(7-11)19(25)21-10-15-8-14(9-18(15)24)20-22-12(2)23-26-20/h3,6-7,13-15,18,24H,4-5,8-10H2,1-2H3,(H,21,25)/t14-,15+,18+/m0/s1. The molecule has 1 amide bonds. The molecule has 1 aromatic carbocycles. The molecule has 2 aliphatic carbocycles. The lowest BCUT2D eigenvalue weighted by atomic mass is 9.99. The van der Waals surface area contributed by atoms with Gasteiger partial charge in [-0.25, -0.2) is 0 Å². The number of amides is 1. The number of rotatable bonds is 5. The topological polar surface area (TPSA) is 88.3 Å². The monoisotopic (exact) mass is 355 g/mol. The molecule has 2 aliphatic rings. The fraction of sp³-hybridized carbons (Fsp3) is 0.550. The first-order chi connectivity index (χ1) is 12.5. The highest BCUT2D eigenvalue weighted by Gasteiger charge is 2.37. The molecule has 0 bridgehead atoms. The Morgan fingerprint density at radius 3 is 2.77 bits per heavy atom. The maximum absolute atomic E-state index is 12.7. The van der Waals surface area contributed by atoms with Crippen molar-refractivity contribution in [3.05, 3.63) is 46.6 Å². The van der Waals surface area contributed by atoms with E-state index >= 15 is 0 Å². The van der Waals surface area contributed by atoms with Crippen molar-refractivity contribution in [1.82, 2.24) is 15.5 Å². The van der Waals surface area contributed by atoms with Crippen molar-refractivity contribution in [1.29, 1.82) is 0 Å². The van der Waals surface area contributed by atoms with Gasteiger partial charge in [-0.1, -0.05) is 22.9 Å². The molecule has 6 heteroatoms. The normalized spacial score (nSPS) is 25.4. The van der Waals surface area contributed by atoms with Crippen LogP contribution in [-0.4, -0.2) is 33.8 Å². The molecule has 2 saturated carbocycles. The Bertz CT molecular complexity index is 812. The molecule has 2 aromatic rings. The second-order valence-electron chi connectivity index (χ2n) is 7.75. The molecule has 1 heterocycles. The lowest BCUT2D eigenvalue weighted by Crippen LogP contribution is -2.33. The summed E-state index contributed by atoms with van der Waals surface area (Å²) in [6.07, 6.45) is 3.20. The third-order valence-corrected chi connectivity index (χ3v) is 5.55. The van der Waals surface area contributed by atoms with Crippen molar-refractivity contribution in [2.75, 3.05) is 6.54 Å². The highest BCUT2D eigenvalue weighted by molar-refractivity contribution is 5.96. The summed E-state index contributed by atoms with van der Waals surface area (Å²) in [5.74, 6) is 1.75. The molecule has 2 N–H and O–H groups in total. The quantitative estimate of drug-likeness (QED) is 0.861. The number of aliphatic hydroxyl groups excluding tert-OH is 1. The van der Waals surface area contributed by atoms with E-state index in [0.717, 1.165) is 36.0 Å². The molecule has 6 nitrogen and oxygen atoms in total. The third-order valence-electron chi connectivity index (χ3n) is 5.55. The van der Waals surface area contributed by atoms with Gasteiger partial charge in [0.25, 0.3) is 5.91 Å². The minimum absolute atomic E-state index is 0.00494. The van der Waals surface area contributed by atoms with Crippen LogP contribution in [0.4, 0.5) is 0 Å². The van der Waals surface area contributed by atoms with E-state index < -0.39 is 6.10 Å². The average molecular weight is 355 g/mol. The SMILES string of the molecule is Cc1ccc(C2CC2)c(C(=O)NC[C@H]2C[C@H](c3nc(C)no3)C[C@H]2O)c1. The Balaban J connectivity index is 1.40. The first kappa shape index (κ1) is 17.2. The zero-order valence-electron chi connectivity index (χ0n) is 15.2. The van der Waals surface area contributed by atoms with E-state index in [-0.39, 0.29) is 17.7 Å². The van der Waals surface area contributed by atoms with Gasteiger partial charge in [-0.3, -0.25) is 4.79 Å². The molecule has 0 spiro atoms. The van der Waals surface area contributed by atoms with Crippen LogP contribution in [0.5, 0.6) is 0 Å². The lowest BCUT2D eigenvalue weighted by Gasteiger charge is -2.16. The van der Waals surface area contributed by atoms with Gasteiger partial charge in [0.15, 0.2) is 5.82 Å². The summed E-state index contributed by atoms with van der Waals surface area (Å²) >= 11 is 0. The zero-order chi connectivity index (χ0) is 18.3. The average Bonchev–Trinajstić information content (AvgIpc) is 3.26. The van der Waals surface area contributed by atoms with Crippen LogP contribution < -0.4 is 5.32 Å². The minimum atomic E-state index is -0.465. The molecule has 4 rings (SSSR count). The maximum Gasteiger partial charge on any atom is 0.251 e. The number of aryl methyl sites for hydroxylation is 2. The summed E-state index contributed by atoms with van der Waals surface area (Å²) < 4.78 is 5.24. The zero-order valence-corrected chi connectivity index (χ0v) is 15.2. The number of carbonyl (C=O) groups excluding carboxylic acids is 1. The van der Waals surface area contributed by atoms with E-state index in [1.54, 1.807) is 6.92 Å². The van der Waals surface area contributed by atoms with E-state index in [1.165, 1.54) is 0 Å². The number of aromatic nitrogens is 2. The smallest absolute Gasteiger partial charge is 0.251 e. The van der Waals surface area contributed by atoms with E-state index in [1.807, 2.05) is 13.0 Å². The van der Waals surface area contributed by atoms with Gasteiger partial charge in [-0.05, 0) is 57.1 Å². The van der Waals surface area contributed by atoms with Crippen molar-refractivity contribution in [3.63, 3.8) is 0 Å². The Hall–Kier alpha value is -2.21. The van der Waals surface area contributed by atoms with Crippen molar-refractivity contribution in [3.8, 4) is 0 Å². The molecule has 0 aliphatic heterocycles. The van der Waals surface area contributed by atoms with Crippen LogP contribution in [-0.2, 0) is 0 Å². The molecule has 0 radical (unpaired) electrons. The number of hydrogen-bond acceptors (Lipinski definition) is 5. The molecular formula is C20H25N3O3. The van der Waals surface area contributed by atoms with E-state index in [4.69, 9.17) is 4.52 Å². The van der Waals surface area contributed by atoms with Gasteiger partial charge in [0, 0.05) is 23.9 Å². The third kappa shape index (κ3) is 3.51. The van der Waals surface area contributed by atoms with E-state index in [2.05, 4.69) is 27.6 Å². The molecule has 1 aromatic heterocycles. The van der Waals surface area contributed by atoms with E-state index in [9.17, 15) is 9.90 Å². The molecular weight excluding hydrogens is 330 g/mol. The number of aliphatic hydroxyl groups is 1. The summed E-state index contributed by atoms with van der Waals surface area (Å²) in [4.78, 5) is 17.0. The van der Waals surface area contributed by atoms with Gasteiger partial charge in [0.1, 0.15) is 0 Å². The molecule has 0 unspecified atom stereocenters. The Kier molecular flexibility index (Phi) is 4.53. The van der Waals surface area contributed by atoms with Gasteiger partial charge in [0.2, 0.25) is 5.89 Å². The molecule has 0 saturated heterocycles. The van der Waals surface area contributed by atoms with Crippen LogP contribution in [0.25, 0.3) is 0 Å². The van der Waals surface area contributed by atoms with E-state index in [0.29, 0.717) is 30.6 Å². The molecule has 2 fully saturated rings. The number of benzene rings is 1.